The summed E-state index contributed by atoms with van der Waals surface area (Å²) in [5, 5.41) is 3.29. The first-order valence-electron chi connectivity index (χ1n) is 8.30. The van der Waals surface area contributed by atoms with E-state index < -0.39 is 0 Å². The molecule has 3 N–H and O–H groups in total. The van der Waals surface area contributed by atoms with Gasteiger partial charge in [0, 0.05) is 31.7 Å². The molecule has 0 spiro atoms. The van der Waals surface area contributed by atoms with Gasteiger partial charge in [-0.25, -0.2) is 0 Å². The van der Waals surface area contributed by atoms with Crippen molar-refractivity contribution in [2.75, 3.05) is 33.0 Å². The second-order valence-corrected chi connectivity index (χ2v) is 5.85. The number of rotatable bonds is 6. The molecule has 2 unspecified atom stereocenters. The molecule has 6 nitrogen and oxygen atoms in total. The molecule has 2 aliphatic rings. The third-order valence-corrected chi connectivity index (χ3v) is 4.11. The summed E-state index contributed by atoms with van der Waals surface area (Å²) in [7, 11) is 0. The van der Waals surface area contributed by atoms with Crippen molar-refractivity contribution in [3.05, 3.63) is 29.8 Å². The van der Waals surface area contributed by atoms with E-state index in [9.17, 15) is 0 Å². The molecule has 0 bridgehead atoms. The Morgan fingerprint density at radius 2 is 2.17 bits per heavy atom. The maximum atomic E-state index is 6.00. The lowest BCUT2D eigenvalue weighted by atomic mass is 10.0. The van der Waals surface area contributed by atoms with Crippen molar-refractivity contribution in [2.45, 2.75) is 31.4 Å². The van der Waals surface area contributed by atoms with Crippen LogP contribution in [-0.2, 0) is 9.47 Å². The monoisotopic (exact) mass is 447 g/mol. The van der Waals surface area contributed by atoms with Crippen LogP contribution in [0.3, 0.4) is 0 Å². The summed E-state index contributed by atoms with van der Waals surface area (Å²) in [6.45, 7) is 3.59. The topological polar surface area (TPSA) is 78.1 Å². The number of nitrogens with zero attached hydrogens (tertiary/aromatic N) is 1. The normalized spacial score (nSPS) is 23.1. The zero-order chi connectivity index (χ0) is 15.9. The van der Waals surface area contributed by atoms with Crippen LogP contribution >= 0.6 is 24.0 Å². The van der Waals surface area contributed by atoms with Gasteiger partial charge < -0.3 is 25.3 Å². The van der Waals surface area contributed by atoms with Gasteiger partial charge in [0.1, 0.15) is 5.75 Å². The van der Waals surface area contributed by atoms with Gasteiger partial charge in [0.05, 0.1) is 25.4 Å². The molecule has 2 heterocycles. The molecule has 0 aliphatic carbocycles. The lowest BCUT2D eigenvalue weighted by Gasteiger charge is -2.26. The number of halogens is 1. The number of ether oxygens (including phenoxy) is 3. The fourth-order valence-electron chi connectivity index (χ4n) is 2.87. The van der Waals surface area contributed by atoms with Crippen molar-refractivity contribution in [2.24, 2.45) is 10.7 Å². The lowest BCUT2D eigenvalue weighted by molar-refractivity contribution is 0.0424. The van der Waals surface area contributed by atoms with E-state index >= 15 is 0 Å². The van der Waals surface area contributed by atoms with Crippen molar-refractivity contribution in [1.29, 1.82) is 0 Å². The molecule has 3 rings (SSSR count). The average molecular weight is 447 g/mol. The van der Waals surface area contributed by atoms with Crippen molar-refractivity contribution in [3.8, 4) is 5.75 Å². The SMILES string of the molecule is I.NC(=NCCCOC1CCOC1)NC1CCOc2ccccc21. The van der Waals surface area contributed by atoms with Crippen molar-refractivity contribution in [3.63, 3.8) is 0 Å². The molecule has 1 saturated heterocycles. The van der Waals surface area contributed by atoms with E-state index in [0.717, 1.165) is 43.8 Å². The molecule has 0 radical (unpaired) electrons. The number of guanidine groups is 1. The van der Waals surface area contributed by atoms with Crippen LogP contribution in [0.2, 0.25) is 0 Å². The number of nitrogens with two attached hydrogens (primary N) is 1. The predicted octanol–water partition coefficient (Wildman–Crippen LogP) is 2.23. The van der Waals surface area contributed by atoms with Crippen molar-refractivity contribution >= 4 is 29.9 Å². The number of aliphatic imine (C=N–C) groups is 1. The Hall–Kier alpha value is -1.06. The van der Waals surface area contributed by atoms with Crippen LogP contribution in [0.15, 0.2) is 29.3 Å². The van der Waals surface area contributed by atoms with Gasteiger partial charge in [0.25, 0.3) is 0 Å². The number of hydrogen-bond donors (Lipinski definition) is 2. The summed E-state index contributed by atoms with van der Waals surface area (Å²) >= 11 is 0. The molecule has 0 amide bonds. The summed E-state index contributed by atoms with van der Waals surface area (Å²) in [5.41, 5.74) is 7.14. The molecule has 134 valence electrons. The molecule has 7 heteroatoms. The standard InChI is InChI=1S/C17H25N3O3.HI/c18-17(19-8-3-9-22-13-6-10-21-12-13)20-15-7-11-23-16-5-2-1-4-14(15)16;/h1-2,4-5,13,15H,3,6-12H2,(H3,18,19,20);1H. The lowest BCUT2D eigenvalue weighted by Crippen LogP contribution is -2.37. The fraction of sp³-hybridized carbons (Fsp3) is 0.588. The van der Waals surface area contributed by atoms with Gasteiger partial charge in [-0.15, -0.1) is 24.0 Å². The van der Waals surface area contributed by atoms with Gasteiger partial charge >= 0.3 is 0 Å². The van der Waals surface area contributed by atoms with E-state index in [1.165, 1.54) is 0 Å². The average Bonchev–Trinajstić information content (AvgIpc) is 3.08. The van der Waals surface area contributed by atoms with Crippen LogP contribution < -0.4 is 15.8 Å². The predicted molar refractivity (Wildman–Crippen MR) is 104 cm³/mol. The van der Waals surface area contributed by atoms with Crippen molar-refractivity contribution < 1.29 is 14.2 Å². The van der Waals surface area contributed by atoms with Gasteiger partial charge in [0.15, 0.2) is 5.96 Å². The van der Waals surface area contributed by atoms with E-state index in [-0.39, 0.29) is 36.1 Å². The Bertz CT molecular complexity index is 536. The number of para-hydroxylation sites is 1. The molecule has 0 aromatic heterocycles. The Morgan fingerprint density at radius 3 is 3.00 bits per heavy atom. The highest BCUT2D eigenvalue weighted by Crippen LogP contribution is 2.31. The van der Waals surface area contributed by atoms with Gasteiger partial charge in [-0.3, -0.25) is 4.99 Å². The molecule has 1 aromatic rings. The minimum Gasteiger partial charge on any atom is -0.493 e. The zero-order valence-electron chi connectivity index (χ0n) is 13.8. The highest BCUT2D eigenvalue weighted by molar-refractivity contribution is 14.0. The Morgan fingerprint density at radius 1 is 1.29 bits per heavy atom. The van der Waals surface area contributed by atoms with Crippen molar-refractivity contribution in [1.82, 2.24) is 5.32 Å². The molecule has 24 heavy (non-hydrogen) atoms. The van der Waals surface area contributed by atoms with Crippen LogP contribution in [0.25, 0.3) is 0 Å². The van der Waals surface area contributed by atoms with Gasteiger partial charge in [-0.1, -0.05) is 18.2 Å². The van der Waals surface area contributed by atoms with Crippen LogP contribution in [0.4, 0.5) is 0 Å². The zero-order valence-corrected chi connectivity index (χ0v) is 16.1. The molecular formula is C17H26IN3O3. The molecule has 2 aliphatic heterocycles. The maximum Gasteiger partial charge on any atom is 0.189 e. The Balaban J connectivity index is 0.00000208. The smallest absolute Gasteiger partial charge is 0.189 e. The van der Waals surface area contributed by atoms with Gasteiger partial charge in [-0.05, 0) is 18.9 Å². The second-order valence-electron chi connectivity index (χ2n) is 5.85. The summed E-state index contributed by atoms with van der Waals surface area (Å²) in [4.78, 5) is 4.39. The molecule has 1 aromatic carbocycles. The first-order valence-corrected chi connectivity index (χ1v) is 8.30. The molecule has 1 fully saturated rings. The Kier molecular flexibility index (Phi) is 8.07. The minimum atomic E-state index is 0. The third-order valence-electron chi connectivity index (χ3n) is 4.11. The second kappa shape index (κ2) is 10.0. The summed E-state index contributed by atoms with van der Waals surface area (Å²) in [6.07, 6.45) is 3.00. The fourth-order valence-corrected chi connectivity index (χ4v) is 2.87. The van der Waals surface area contributed by atoms with E-state index in [1.807, 2.05) is 18.2 Å². The van der Waals surface area contributed by atoms with Gasteiger partial charge in [-0.2, -0.15) is 0 Å². The number of benzene rings is 1. The van der Waals surface area contributed by atoms with Crippen LogP contribution in [0.5, 0.6) is 5.75 Å². The summed E-state index contributed by atoms with van der Waals surface area (Å²) < 4.78 is 16.6. The van der Waals surface area contributed by atoms with E-state index in [1.54, 1.807) is 0 Å². The highest BCUT2D eigenvalue weighted by atomic mass is 127. The highest BCUT2D eigenvalue weighted by Gasteiger charge is 2.21. The van der Waals surface area contributed by atoms with Crippen LogP contribution in [0, 0.1) is 0 Å². The van der Waals surface area contributed by atoms with E-state index in [4.69, 9.17) is 19.9 Å². The number of nitrogens with one attached hydrogen (secondary N) is 1. The molecular weight excluding hydrogens is 421 g/mol. The number of hydrogen-bond acceptors (Lipinski definition) is 4. The number of fused-ring (bicyclic) bond motifs is 1. The van der Waals surface area contributed by atoms with Crippen LogP contribution in [-0.4, -0.2) is 45.0 Å². The summed E-state index contributed by atoms with van der Waals surface area (Å²) in [5.74, 6) is 1.41. The molecule has 0 saturated carbocycles. The minimum absolute atomic E-state index is 0. The molecule has 2 atom stereocenters. The third kappa shape index (κ3) is 5.49. The first-order chi connectivity index (χ1) is 11.3. The Labute approximate surface area is 160 Å². The van der Waals surface area contributed by atoms with E-state index in [0.29, 0.717) is 25.7 Å². The van der Waals surface area contributed by atoms with Crippen LogP contribution in [0.1, 0.15) is 30.9 Å². The maximum absolute atomic E-state index is 6.00. The van der Waals surface area contributed by atoms with Gasteiger partial charge in [0.2, 0.25) is 0 Å². The van der Waals surface area contributed by atoms with E-state index in [2.05, 4.69) is 16.4 Å². The quantitative estimate of drug-likeness (QED) is 0.303. The first kappa shape index (κ1) is 19.3. The summed E-state index contributed by atoms with van der Waals surface area (Å²) in [6, 6.07) is 8.21. The largest absolute Gasteiger partial charge is 0.493 e.